The van der Waals surface area contributed by atoms with Crippen LogP contribution in [0.1, 0.15) is 35.6 Å². The number of aromatic nitrogens is 2. The van der Waals surface area contributed by atoms with Crippen molar-refractivity contribution in [2.24, 2.45) is 0 Å². The molecule has 4 nitrogen and oxygen atoms in total. The van der Waals surface area contributed by atoms with E-state index in [9.17, 15) is 4.79 Å². The number of benzene rings is 2. The standard InChI is InChI=1S/C22H20N2O2/c1-2-20(17-6-4-3-5-7-17)22(19-14-23-24-15-19)18-11-8-16(9-12-18)10-13-21(25)26/h3-15H,2H2,1H3,(H,23,24)(H,25,26)/b13-10+,22-20+. The fourth-order valence-electron chi connectivity index (χ4n) is 3.00. The number of aliphatic carboxylic acids is 1. The van der Waals surface area contributed by atoms with Gasteiger partial charge in [0.15, 0.2) is 0 Å². The number of hydrogen-bond acceptors (Lipinski definition) is 2. The zero-order chi connectivity index (χ0) is 18.4. The van der Waals surface area contributed by atoms with Gasteiger partial charge in [-0.05, 0) is 40.3 Å². The lowest BCUT2D eigenvalue weighted by Crippen LogP contribution is -1.94. The number of nitrogens with one attached hydrogen (secondary N) is 1. The van der Waals surface area contributed by atoms with Gasteiger partial charge in [-0.2, -0.15) is 5.10 Å². The first kappa shape index (κ1) is 17.4. The Morgan fingerprint density at radius 3 is 2.35 bits per heavy atom. The summed E-state index contributed by atoms with van der Waals surface area (Å²) in [5, 5.41) is 15.8. The fourth-order valence-corrected chi connectivity index (χ4v) is 3.00. The van der Waals surface area contributed by atoms with Gasteiger partial charge in [0.25, 0.3) is 0 Å². The highest BCUT2D eigenvalue weighted by Crippen LogP contribution is 2.34. The van der Waals surface area contributed by atoms with E-state index in [4.69, 9.17) is 5.11 Å². The lowest BCUT2D eigenvalue weighted by molar-refractivity contribution is -0.131. The number of allylic oxidation sites excluding steroid dienone is 1. The highest BCUT2D eigenvalue weighted by Gasteiger charge is 2.13. The molecule has 0 amide bonds. The minimum Gasteiger partial charge on any atom is -0.478 e. The molecule has 0 saturated heterocycles. The zero-order valence-corrected chi connectivity index (χ0v) is 14.5. The lowest BCUT2D eigenvalue weighted by atomic mass is 9.89. The number of aromatic amines is 1. The van der Waals surface area contributed by atoms with Gasteiger partial charge in [0, 0.05) is 17.8 Å². The summed E-state index contributed by atoms with van der Waals surface area (Å²) in [5.41, 5.74) is 6.49. The Balaban J connectivity index is 2.11. The van der Waals surface area contributed by atoms with Crippen LogP contribution in [-0.4, -0.2) is 21.3 Å². The number of carboxylic acid groups (broad SMARTS) is 1. The number of nitrogens with zero attached hydrogens (tertiary/aromatic N) is 1. The summed E-state index contributed by atoms with van der Waals surface area (Å²) >= 11 is 0. The molecule has 1 heterocycles. The van der Waals surface area contributed by atoms with Gasteiger partial charge < -0.3 is 5.11 Å². The first-order chi connectivity index (χ1) is 12.7. The fraction of sp³-hybridized carbons (Fsp3) is 0.0909. The maximum absolute atomic E-state index is 10.7. The van der Waals surface area contributed by atoms with E-state index < -0.39 is 5.97 Å². The predicted octanol–water partition coefficient (Wildman–Crippen LogP) is 4.88. The van der Waals surface area contributed by atoms with Crippen LogP contribution < -0.4 is 0 Å². The monoisotopic (exact) mass is 344 g/mol. The molecule has 0 fully saturated rings. The van der Waals surface area contributed by atoms with E-state index in [0.29, 0.717) is 0 Å². The SMILES string of the molecule is CC/C(=C(/c1ccc(/C=C/C(=O)O)cc1)c1cn[nH]c1)c1ccccc1. The molecule has 0 radical (unpaired) electrons. The maximum Gasteiger partial charge on any atom is 0.328 e. The lowest BCUT2D eigenvalue weighted by Gasteiger charge is -2.14. The largest absolute Gasteiger partial charge is 0.478 e. The first-order valence-electron chi connectivity index (χ1n) is 8.48. The van der Waals surface area contributed by atoms with Crippen molar-refractivity contribution in [2.75, 3.05) is 0 Å². The van der Waals surface area contributed by atoms with Crippen LogP contribution in [0, 0.1) is 0 Å². The van der Waals surface area contributed by atoms with Crippen molar-refractivity contribution in [3.8, 4) is 0 Å². The normalized spacial score (nSPS) is 12.2. The van der Waals surface area contributed by atoms with Crippen molar-refractivity contribution in [3.05, 3.63) is 95.3 Å². The molecule has 2 aromatic carbocycles. The molecule has 0 aliphatic carbocycles. The summed E-state index contributed by atoms with van der Waals surface area (Å²) in [7, 11) is 0. The Kier molecular flexibility index (Phi) is 5.44. The molecule has 2 N–H and O–H groups in total. The van der Waals surface area contributed by atoms with Crippen molar-refractivity contribution in [2.45, 2.75) is 13.3 Å². The molecule has 26 heavy (non-hydrogen) atoms. The molecule has 4 heteroatoms. The molecule has 0 bridgehead atoms. The van der Waals surface area contributed by atoms with Gasteiger partial charge in [0.2, 0.25) is 0 Å². The van der Waals surface area contributed by atoms with E-state index in [2.05, 4.69) is 29.3 Å². The van der Waals surface area contributed by atoms with E-state index in [-0.39, 0.29) is 0 Å². The van der Waals surface area contributed by atoms with Crippen LogP contribution in [0.3, 0.4) is 0 Å². The molecule has 0 aliphatic heterocycles. The summed E-state index contributed by atoms with van der Waals surface area (Å²) < 4.78 is 0. The molecule has 1 aromatic heterocycles. The van der Waals surface area contributed by atoms with Gasteiger partial charge in [-0.1, -0.05) is 61.5 Å². The Bertz CT molecular complexity index is 922. The van der Waals surface area contributed by atoms with Gasteiger partial charge in [-0.15, -0.1) is 0 Å². The molecule has 0 spiro atoms. The Labute approximate surface area is 152 Å². The summed E-state index contributed by atoms with van der Waals surface area (Å²) in [6.45, 7) is 2.15. The van der Waals surface area contributed by atoms with E-state index >= 15 is 0 Å². The summed E-state index contributed by atoms with van der Waals surface area (Å²) in [4.78, 5) is 10.7. The third-order valence-corrected chi connectivity index (χ3v) is 4.18. The van der Waals surface area contributed by atoms with Crippen LogP contribution in [0.2, 0.25) is 0 Å². The number of carboxylic acids is 1. The molecule has 3 aromatic rings. The summed E-state index contributed by atoms with van der Waals surface area (Å²) in [6, 6.07) is 18.2. The Morgan fingerprint density at radius 2 is 1.77 bits per heavy atom. The summed E-state index contributed by atoms with van der Waals surface area (Å²) in [5.74, 6) is -0.953. The van der Waals surface area contributed by atoms with Gasteiger partial charge in [0.1, 0.15) is 0 Å². The van der Waals surface area contributed by atoms with Gasteiger partial charge in [-0.3, -0.25) is 5.10 Å². The molecule has 0 aliphatic rings. The number of rotatable bonds is 6. The van der Waals surface area contributed by atoms with E-state index in [0.717, 1.165) is 34.8 Å². The van der Waals surface area contributed by atoms with Crippen LogP contribution in [0.5, 0.6) is 0 Å². The number of hydrogen-bond donors (Lipinski definition) is 2. The van der Waals surface area contributed by atoms with E-state index in [1.165, 1.54) is 11.1 Å². The van der Waals surface area contributed by atoms with Crippen molar-refractivity contribution >= 4 is 23.2 Å². The molecular formula is C22H20N2O2. The molecule has 0 atom stereocenters. The number of carbonyl (C=O) groups is 1. The maximum atomic E-state index is 10.7. The average Bonchev–Trinajstić information content (AvgIpc) is 3.20. The van der Waals surface area contributed by atoms with E-state index in [1.54, 1.807) is 6.08 Å². The second kappa shape index (κ2) is 8.12. The highest BCUT2D eigenvalue weighted by molar-refractivity contribution is 5.98. The molecular weight excluding hydrogens is 324 g/mol. The van der Waals surface area contributed by atoms with E-state index in [1.807, 2.05) is 54.9 Å². The predicted molar refractivity (Wildman–Crippen MR) is 104 cm³/mol. The van der Waals surface area contributed by atoms with Crippen LogP contribution in [0.25, 0.3) is 17.2 Å². The van der Waals surface area contributed by atoms with Gasteiger partial charge in [-0.25, -0.2) is 4.79 Å². The third-order valence-electron chi connectivity index (χ3n) is 4.18. The molecule has 0 unspecified atom stereocenters. The molecule has 0 saturated carbocycles. The topological polar surface area (TPSA) is 66.0 Å². The minimum absolute atomic E-state index is 0.848. The van der Waals surface area contributed by atoms with Crippen LogP contribution in [0.15, 0.2) is 73.1 Å². The smallest absolute Gasteiger partial charge is 0.328 e. The molecule has 130 valence electrons. The Hall–Kier alpha value is -3.40. The molecule has 3 rings (SSSR count). The highest BCUT2D eigenvalue weighted by atomic mass is 16.4. The Morgan fingerprint density at radius 1 is 1.04 bits per heavy atom. The number of H-pyrrole nitrogens is 1. The van der Waals surface area contributed by atoms with Gasteiger partial charge >= 0.3 is 5.97 Å². The zero-order valence-electron chi connectivity index (χ0n) is 14.5. The second-order valence-electron chi connectivity index (χ2n) is 5.85. The van der Waals surface area contributed by atoms with Crippen LogP contribution in [0.4, 0.5) is 0 Å². The van der Waals surface area contributed by atoms with Crippen molar-refractivity contribution in [1.29, 1.82) is 0 Å². The summed E-state index contributed by atoms with van der Waals surface area (Å²) in [6.07, 6.45) is 7.33. The minimum atomic E-state index is -0.953. The average molecular weight is 344 g/mol. The van der Waals surface area contributed by atoms with Crippen molar-refractivity contribution in [3.63, 3.8) is 0 Å². The second-order valence-corrected chi connectivity index (χ2v) is 5.85. The quantitative estimate of drug-likeness (QED) is 0.495. The third kappa shape index (κ3) is 3.98. The van der Waals surface area contributed by atoms with Crippen molar-refractivity contribution in [1.82, 2.24) is 10.2 Å². The first-order valence-corrected chi connectivity index (χ1v) is 8.48. The van der Waals surface area contributed by atoms with Crippen molar-refractivity contribution < 1.29 is 9.90 Å². The van der Waals surface area contributed by atoms with Gasteiger partial charge in [0.05, 0.1) is 6.20 Å². The van der Waals surface area contributed by atoms with Crippen LogP contribution >= 0.6 is 0 Å². The van der Waals surface area contributed by atoms with Crippen LogP contribution in [-0.2, 0) is 4.79 Å².